The predicted molar refractivity (Wildman–Crippen MR) is 77.2 cm³/mol. The molecule has 0 saturated carbocycles. The molecule has 3 N–H and O–H groups in total. The summed E-state index contributed by atoms with van der Waals surface area (Å²) in [5, 5.41) is 14.1. The second kappa shape index (κ2) is 5.88. The van der Waals surface area contributed by atoms with Gasteiger partial charge in [-0.25, -0.2) is 9.59 Å². The van der Waals surface area contributed by atoms with Gasteiger partial charge in [0.25, 0.3) is 0 Å². The number of carbonyl (C=O) groups is 2. The van der Waals surface area contributed by atoms with Crippen molar-refractivity contribution >= 4 is 23.4 Å². The maximum absolute atomic E-state index is 11.7. The number of benzene rings is 2. The van der Waals surface area contributed by atoms with E-state index in [0.29, 0.717) is 11.4 Å². The summed E-state index contributed by atoms with van der Waals surface area (Å²) in [4.78, 5) is 22.5. The summed E-state index contributed by atoms with van der Waals surface area (Å²) >= 11 is 0. The highest BCUT2D eigenvalue weighted by Gasteiger charge is 2.05. The maximum Gasteiger partial charge on any atom is 0.335 e. The second-order valence-corrected chi connectivity index (χ2v) is 4.33. The third-order valence-electron chi connectivity index (χ3n) is 2.70. The third kappa shape index (κ3) is 3.58. The summed E-state index contributed by atoms with van der Waals surface area (Å²) in [5.74, 6) is -0.999. The highest BCUT2D eigenvalue weighted by atomic mass is 16.4. The Balaban J connectivity index is 1.97. The second-order valence-electron chi connectivity index (χ2n) is 4.33. The van der Waals surface area contributed by atoms with E-state index < -0.39 is 5.97 Å². The van der Waals surface area contributed by atoms with Crippen LogP contribution in [0.25, 0.3) is 0 Å². The first-order chi connectivity index (χ1) is 9.54. The SMILES string of the molecule is Cc1ccc(NC(=O)Nc2ccc(C(=O)O)cc2)cc1. The highest BCUT2D eigenvalue weighted by molar-refractivity contribution is 6.00. The molecule has 0 fully saturated rings. The third-order valence-corrected chi connectivity index (χ3v) is 2.70. The predicted octanol–water partition coefficient (Wildman–Crippen LogP) is 3.34. The Labute approximate surface area is 116 Å². The smallest absolute Gasteiger partial charge is 0.335 e. The van der Waals surface area contributed by atoms with Gasteiger partial charge in [0, 0.05) is 11.4 Å². The van der Waals surface area contributed by atoms with Crippen LogP contribution < -0.4 is 10.6 Å². The number of urea groups is 1. The standard InChI is InChI=1S/C15H14N2O3/c1-10-2-6-12(7-3-10)16-15(20)17-13-8-4-11(5-9-13)14(18)19/h2-9H,1H3,(H,18,19)(H2,16,17,20). The molecule has 0 aliphatic rings. The van der Waals surface area contributed by atoms with E-state index in [2.05, 4.69) is 10.6 Å². The molecule has 0 heterocycles. The molecule has 2 amide bonds. The first-order valence-electron chi connectivity index (χ1n) is 6.02. The van der Waals surface area contributed by atoms with Gasteiger partial charge >= 0.3 is 12.0 Å². The van der Waals surface area contributed by atoms with Gasteiger partial charge in [0.1, 0.15) is 0 Å². The van der Waals surface area contributed by atoms with Gasteiger partial charge in [-0.15, -0.1) is 0 Å². The molecular weight excluding hydrogens is 256 g/mol. The van der Waals surface area contributed by atoms with E-state index in [4.69, 9.17) is 5.11 Å². The van der Waals surface area contributed by atoms with E-state index in [1.165, 1.54) is 24.3 Å². The molecule has 0 atom stereocenters. The molecule has 2 aromatic carbocycles. The minimum Gasteiger partial charge on any atom is -0.478 e. The molecule has 0 aliphatic heterocycles. The number of carboxylic acids is 1. The van der Waals surface area contributed by atoms with Crippen LogP contribution in [0.4, 0.5) is 16.2 Å². The Hall–Kier alpha value is -2.82. The summed E-state index contributed by atoms with van der Waals surface area (Å²) in [5.41, 5.74) is 2.50. The molecule has 5 heteroatoms. The lowest BCUT2D eigenvalue weighted by molar-refractivity contribution is 0.0697. The molecule has 0 aliphatic carbocycles. The minimum absolute atomic E-state index is 0.175. The summed E-state index contributed by atoms with van der Waals surface area (Å²) in [6.07, 6.45) is 0. The molecular formula is C15H14N2O3. The van der Waals surface area contributed by atoms with Crippen LogP contribution in [0.1, 0.15) is 15.9 Å². The van der Waals surface area contributed by atoms with Gasteiger partial charge in [0.15, 0.2) is 0 Å². The molecule has 20 heavy (non-hydrogen) atoms. The lowest BCUT2D eigenvalue weighted by atomic mass is 10.2. The molecule has 0 unspecified atom stereocenters. The Kier molecular flexibility index (Phi) is 4.00. The number of carbonyl (C=O) groups excluding carboxylic acids is 1. The van der Waals surface area contributed by atoms with E-state index in [9.17, 15) is 9.59 Å². The normalized spacial score (nSPS) is 9.85. The van der Waals surface area contributed by atoms with Crippen molar-refractivity contribution < 1.29 is 14.7 Å². The van der Waals surface area contributed by atoms with Crippen LogP contribution in [-0.2, 0) is 0 Å². The van der Waals surface area contributed by atoms with E-state index in [1.807, 2.05) is 31.2 Å². The number of hydrogen-bond donors (Lipinski definition) is 3. The average Bonchev–Trinajstić information content (AvgIpc) is 2.42. The Morgan fingerprint density at radius 1 is 0.850 bits per heavy atom. The number of aromatic carboxylic acids is 1. The fourth-order valence-electron chi connectivity index (χ4n) is 1.63. The van der Waals surface area contributed by atoms with Crippen LogP contribution in [0.3, 0.4) is 0 Å². The number of amides is 2. The van der Waals surface area contributed by atoms with Gasteiger partial charge in [0.2, 0.25) is 0 Å². The molecule has 5 nitrogen and oxygen atoms in total. The van der Waals surface area contributed by atoms with Gasteiger partial charge in [-0.1, -0.05) is 17.7 Å². The van der Waals surface area contributed by atoms with Crippen molar-refractivity contribution in [3.8, 4) is 0 Å². The van der Waals surface area contributed by atoms with Crippen LogP contribution in [-0.4, -0.2) is 17.1 Å². The van der Waals surface area contributed by atoms with Gasteiger partial charge in [-0.3, -0.25) is 0 Å². The van der Waals surface area contributed by atoms with E-state index in [1.54, 1.807) is 0 Å². The molecule has 0 aromatic heterocycles. The summed E-state index contributed by atoms with van der Waals surface area (Å²) in [7, 11) is 0. The van der Waals surface area contributed by atoms with Crippen molar-refractivity contribution in [2.45, 2.75) is 6.92 Å². The summed E-state index contributed by atoms with van der Waals surface area (Å²) in [6, 6.07) is 13.0. The van der Waals surface area contributed by atoms with Gasteiger partial charge in [-0.05, 0) is 43.3 Å². The highest BCUT2D eigenvalue weighted by Crippen LogP contribution is 2.12. The Bertz CT molecular complexity index is 619. The zero-order valence-electron chi connectivity index (χ0n) is 10.9. The lowest BCUT2D eigenvalue weighted by Gasteiger charge is -2.08. The van der Waals surface area contributed by atoms with Crippen molar-refractivity contribution in [2.24, 2.45) is 0 Å². The van der Waals surface area contributed by atoms with Gasteiger partial charge in [-0.2, -0.15) is 0 Å². The first kappa shape index (κ1) is 13.6. The Morgan fingerprint density at radius 2 is 1.30 bits per heavy atom. The number of anilines is 2. The van der Waals surface area contributed by atoms with Gasteiger partial charge < -0.3 is 15.7 Å². The molecule has 0 saturated heterocycles. The quantitative estimate of drug-likeness (QED) is 0.800. The Morgan fingerprint density at radius 3 is 1.75 bits per heavy atom. The van der Waals surface area contributed by atoms with Crippen molar-refractivity contribution in [3.63, 3.8) is 0 Å². The van der Waals surface area contributed by atoms with Crippen LogP contribution >= 0.6 is 0 Å². The largest absolute Gasteiger partial charge is 0.478 e. The zero-order valence-corrected chi connectivity index (χ0v) is 10.9. The molecule has 2 aromatic rings. The number of aryl methyl sites for hydroxylation is 1. The summed E-state index contributed by atoms with van der Waals surface area (Å²) in [6.45, 7) is 1.97. The molecule has 0 spiro atoms. The molecule has 0 radical (unpaired) electrons. The van der Waals surface area contributed by atoms with Gasteiger partial charge in [0.05, 0.1) is 5.56 Å². The summed E-state index contributed by atoms with van der Waals surface area (Å²) < 4.78 is 0. The number of carboxylic acid groups (broad SMARTS) is 1. The number of nitrogens with one attached hydrogen (secondary N) is 2. The van der Waals surface area contributed by atoms with Crippen LogP contribution in [0.2, 0.25) is 0 Å². The van der Waals surface area contributed by atoms with E-state index >= 15 is 0 Å². The fourth-order valence-corrected chi connectivity index (χ4v) is 1.63. The topological polar surface area (TPSA) is 78.4 Å². The van der Waals surface area contributed by atoms with Crippen molar-refractivity contribution in [1.29, 1.82) is 0 Å². The first-order valence-corrected chi connectivity index (χ1v) is 6.02. The van der Waals surface area contributed by atoms with Crippen molar-refractivity contribution in [1.82, 2.24) is 0 Å². The van der Waals surface area contributed by atoms with Crippen molar-refractivity contribution in [2.75, 3.05) is 10.6 Å². The zero-order chi connectivity index (χ0) is 14.5. The van der Waals surface area contributed by atoms with Crippen LogP contribution in [0.15, 0.2) is 48.5 Å². The molecule has 0 bridgehead atoms. The molecule has 2 rings (SSSR count). The molecule has 102 valence electrons. The van der Waals surface area contributed by atoms with Crippen molar-refractivity contribution in [3.05, 3.63) is 59.7 Å². The van der Waals surface area contributed by atoms with E-state index in [-0.39, 0.29) is 11.6 Å². The minimum atomic E-state index is -0.999. The lowest BCUT2D eigenvalue weighted by Crippen LogP contribution is -2.19. The maximum atomic E-state index is 11.7. The monoisotopic (exact) mass is 270 g/mol. The fraction of sp³-hybridized carbons (Fsp3) is 0.0667. The number of hydrogen-bond acceptors (Lipinski definition) is 2. The average molecular weight is 270 g/mol. The van der Waals surface area contributed by atoms with Crippen LogP contribution in [0, 0.1) is 6.92 Å². The van der Waals surface area contributed by atoms with E-state index in [0.717, 1.165) is 5.56 Å². The number of rotatable bonds is 3. The van der Waals surface area contributed by atoms with Crippen LogP contribution in [0.5, 0.6) is 0 Å².